The summed E-state index contributed by atoms with van der Waals surface area (Å²) in [5.41, 5.74) is 9.87. The fraction of sp³-hybridized carbons (Fsp3) is 0.222. The van der Waals surface area contributed by atoms with Crippen LogP contribution in [0.15, 0.2) is 40.9 Å². The summed E-state index contributed by atoms with van der Waals surface area (Å²) in [4.78, 5) is 3.48. The van der Waals surface area contributed by atoms with Gasteiger partial charge in [-0.3, -0.25) is 0 Å². The maximum atomic E-state index is 6.44. The highest BCUT2D eigenvalue weighted by molar-refractivity contribution is 9.10. The van der Waals surface area contributed by atoms with Crippen molar-refractivity contribution in [3.8, 4) is 11.3 Å². The summed E-state index contributed by atoms with van der Waals surface area (Å²) in [7, 11) is 0. The minimum absolute atomic E-state index is 0.704. The van der Waals surface area contributed by atoms with Crippen LogP contribution in [0, 0.1) is 0 Å². The minimum atomic E-state index is 0.704. The highest BCUT2D eigenvalue weighted by Crippen LogP contribution is 2.38. The Morgan fingerprint density at radius 1 is 1.04 bits per heavy atom. The molecule has 0 aliphatic carbocycles. The fourth-order valence-corrected chi connectivity index (χ4v) is 3.66. The quantitative estimate of drug-likeness (QED) is 0.483. The van der Waals surface area contributed by atoms with E-state index >= 15 is 0 Å². The SMILES string of the molecule is NCCCCc1c(-c2cc(Br)ccc2Cl)[nH]c2c(Cl)cccc12. The van der Waals surface area contributed by atoms with E-state index in [1.54, 1.807) is 0 Å². The number of H-pyrrole nitrogens is 1. The number of aromatic nitrogens is 1. The fourth-order valence-electron chi connectivity index (χ4n) is 2.86. The van der Waals surface area contributed by atoms with Gasteiger partial charge in [-0.15, -0.1) is 0 Å². The van der Waals surface area contributed by atoms with E-state index < -0.39 is 0 Å². The van der Waals surface area contributed by atoms with Crippen LogP contribution in [0.5, 0.6) is 0 Å². The number of benzene rings is 2. The van der Waals surface area contributed by atoms with Gasteiger partial charge in [-0.2, -0.15) is 0 Å². The van der Waals surface area contributed by atoms with E-state index in [4.69, 9.17) is 28.9 Å². The summed E-state index contributed by atoms with van der Waals surface area (Å²) < 4.78 is 0.995. The molecule has 3 aromatic rings. The number of hydrogen-bond acceptors (Lipinski definition) is 1. The Hall–Kier alpha value is -1.00. The van der Waals surface area contributed by atoms with Crippen LogP contribution >= 0.6 is 39.1 Å². The van der Waals surface area contributed by atoms with E-state index in [-0.39, 0.29) is 0 Å². The van der Waals surface area contributed by atoms with Crippen molar-refractivity contribution in [2.24, 2.45) is 5.73 Å². The van der Waals surface area contributed by atoms with E-state index in [0.717, 1.165) is 55.9 Å². The van der Waals surface area contributed by atoms with Crippen LogP contribution in [0.25, 0.3) is 22.2 Å². The Kier molecular flexibility index (Phi) is 5.32. The third kappa shape index (κ3) is 3.43. The van der Waals surface area contributed by atoms with Crippen molar-refractivity contribution < 1.29 is 0 Å². The van der Waals surface area contributed by atoms with Crippen molar-refractivity contribution in [2.45, 2.75) is 19.3 Å². The lowest BCUT2D eigenvalue weighted by Gasteiger charge is -2.08. The normalized spacial score (nSPS) is 11.3. The van der Waals surface area contributed by atoms with Gasteiger partial charge in [-0.25, -0.2) is 0 Å². The van der Waals surface area contributed by atoms with Crippen LogP contribution in [0.1, 0.15) is 18.4 Å². The molecule has 0 aliphatic rings. The van der Waals surface area contributed by atoms with Crippen LogP contribution in [0.4, 0.5) is 0 Å². The van der Waals surface area contributed by atoms with Crippen LogP contribution < -0.4 is 5.73 Å². The molecule has 1 heterocycles. The molecule has 0 spiro atoms. The largest absolute Gasteiger partial charge is 0.353 e. The number of halogens is 3. The molecule has 2 aromatic carbocycles. The standard InChI is InChI=1S/C18H17BrCl2N2/c19-11-7-8-15(20)14(10-11)17-12(4-1-2-9-22)13-5-3-6-16(21)18(13)23-17/h3,5-8,10,23H,1-2,4,9,22H2. The molecule has 5 heteroatoms. The molecule has 0 unspecified atom stereocenters. The van der Waals surface area contributed by atoms with Crippen LogP contribution in [-0.4, -0.2) is 11.5 Å². The van der Waals surface area contributed by atoms with Gasteiger partial charge < -0.3 is 10.7 Å². The van der Waals surface area contributed by atoms with E-state index in [1.807, 2.05) is 30.3 Å². The van der Waals surface area contributed by atoms with Gasteiger partial charge in [-0.05, 0) is 55.6 Å². The van der Waals surface area contributed by atoms with Crippen molar-refractivity contribution in [1.29, 1.82) is 0 Å². The average molecular weight is 412 g/mol. The Morgan fingerprint density at radius 3 is 2.65 bits per heavy atom. The summed E-state index contributed by atoms with van der Waals surface area (Å²) in [6.45, 7) is 0.704. The Bertz CT molecular complexity index is 842. The highest BCUT2D eigenvalue weighted by Gasteiger charge is 2.16. The second-order valence-corrected chi connectivity index (χ2v) is 7.24. The molecule has 0 aliphatic heterocycles. The van der Waals surface area contributed by atoms with Gasteiger partial charge in [-0.1, -0.05) is 51.3 Å². The third-order valence-corrected chi connectivity index (χ3v) is 5.11. The molecule has 1 aromatic heterocycles. The zero-order chi connectivity index (χ0) is 16.4. The van der Waals surface area contributed by atoms with Gasteiger partial charge in [0.15, 0.2) is 0 Å². The van der Waals surface area contributed by atoms with Crippen molar-refractivity contribution in [1.82, 2.24) is 4.98 Å². The number of rotatable bonds is 5. The number of unbranched alkanes of at least 4 members (excludes halogenated alkanes) is 1. The molecule has 0 amide bonds. The first-order valence-corrected chi connectivity index (χ1v) is 9.11. The topological polar surface area (TPSA) is 41.8 Å². The predicted molar refractivity (Wildman–Crippen MR) is 103 cm³/mol. The van der Waals surface area contributed by atoms with Gasteiger partial charge in [0.05, 0.1) is 16.2 Å². The lowest BCUT2D eigenvalue weighted by molar-refractivity contribution is 0.748. The maximum Gasteiger partial charge on any atom is 0.0651 e. The van der Waals surface area contributed by atoms with E-state index in [9.17, 15) is 0 Å². The third-order valence-electron chi connectivity index (χ3n) is 3.97. The van der Waals surface area contributed by atoms with E-state index in [1.165, 1.54) is 5.56 Å². The Morgan fingerprint density at radius 2 is 1.87 bits per heavy atom. The molecule has 3 rings (SSSR count). The molecule has 0 saturated carbocycles. The monoisotopic (exact) mass is 410 g/mol. The van der Waals surface area contributed by atoms with Gasteiger partial charge in [0.25, 0.3) is 0 Å². The Balaban J connectivity index is 2.20. The van der Waals surface area contributed by atoms with Crippen LogP contribution in [-0.2, 0) is 6.42 Å². The van der Waals surface area contributed by atoms with Gasteiger partial charge in [0, 0.05) is 20.4 Å². The molecule has 3 N–H and O–H groups in total. The summed E-state index contributed by atoms with van der Waals surface area (Å²) >= 11 is 16.3. The molecule has 0 saturated heterocycles. The highest BCUT2D eigenvalue weighted by atomic mass is 79.9. The minimum Gasteiger partial charge on any atom is -0.353 e. The zero-order valence-electron chi connectivity index (χ0n) is 12.5. The first kappa shape index (κ1) is 16.8. The number of hydrogen-bond donors (Lipinski definition) is 2. The molecule has 0 atom stereocenters. The van der Waals surface area contributed by atoms with E-state index in [0.29, 0.717) is 6.54 Å². The number of fused-ring (bicyclic) bond motifs is 1. The van der Waals surface area contributed by atoms with Crippen molar-refractivity contribution >= 4 is 50.0 Å². The average Bonchev–Trinajstić information content (AvgIpc) is 2.90. The van der Waals surface area contributed by atoms with Gasteiger partial charge in [0.1, 0.15) is 0 Å². The lowest BCUT2D eigenvalue weighted by atomic mass is 10.0. The van der Waals surface area contributed by atoms with Crippen LogP contribution in [0.2, 0.25) is 10.0 Å². The molecular formula is C18H17BrCl2N2. The summed E-state index contributed by atoms with van der Waals surface area (Å²) in [6.07, 6.45) is 2.98. The molecule has 0 bridgehead atoms. The van der Waals surface area contributed by atoms with Crippen molar-refractivity contribution in [3.05, 3.63) is 56.5 Å². The predicted octanol–water partition coefficient (Wildman–Crippen LogP) is 6.19. The number of nitrogens with two attached hydrogens (primary N) is 1. The molecule has 0 radical (unpaired) electrons. The summed E-state index contributed by atoms with van der Waals surface area (Å²) in [5.74, 6) is 0. The lowest BCUT2D eigenvalue weighted by Crippen LogP contribution is -1.99. The number of aryl methyl sites for hydroxylation is 1. The van der Waals surface area contributed by atoms with Crippen LogP contribution in [0.3, 0.4) is 0 Å². The number of para-hydroxylation sites is 1. The molecule has 2 nitrogen and oxygen atoms in total. The van der Waals surface area contributed by atoms with E-state index in [2.05, 4.69) is 27.0 Å². The smallest absolute Gasteiger partial charge is 0.0651 e. The van der Waals surface area contributed by atoms with Crippen molar-refractivity contribution in [2.75, 3.05) is 6.54 Å². The van der Waals surface area contributed by atoms with Gasteiger partial charge >= 0.3 is 0 Å². The second kappa shape index (κ2) is 7.27. The molecule has 0 fully saturated rings. The summed E-state index contributed by atoms with van der Waals surface area (Å²) in [6, 6.07) is 11.9. The first-order chi connectivity index (χ1) is 11.1. The molecular weight excluding hydrogens is 395 g/mol. The molecule has 23 heavy (non-hydrogen) atoms. The van der Waals surface area contributed by atoms with Crippen molar-refractivity contribution in [3.63, 3.8) is 0 Å². The zero-order valence-corrected chi connectivity index (χ0v) is 15.6. The Labute approximate surface area is 154 Å². The summed E-state index contributed by atoms with van der Waals surface area (Å²) in [5, 5.41) is 2.59. The number of nitrogens with one attached hydrogen (secondary N) is 1. The van der Waals surface area contributed by atoms with Gasteiger partial charge in [0.2, 0.25) is 0 Å². The maximum absolute atomic E-state index is 6.44. The first-order valence-electron chi connectivity index (χ1n) is 7.56. The molecule has 120 valence electrons. The second-order valence-electron chi connectivity index (χ2n) is 5.51. The number of aromatic amines is 1.